The Hall–Kier alpha value is -2.06. The second kappa shape index (κ2) is 7.90. The van der Waals surface area contributed by atoms with Crippen molar-refractivity contribution in [2.45, 2.75) is 25.3 Å². The summed E-state index contributed by atoms with van der Waals surface area (Å²) in [5, 5.41) is 1.34. The molecule has 1 heterocycles. The summed E-state index contributed by atoms with van der Waals surface area (Å²) in [6, 6.07) is 13.4. The van der Waals surface area contributed by atoms with E-state index in [-0.39, 0.29) is 17.2 Å². The van der Waals surface area contributed by atoms with Gasteiger partial charge < -0.3 is 0 Å². The van der Waals surface area contributed by atoms with E-state index in [4.69, 9.17) is 11.6 Å². The number of sulfonamides is 1. The minimum absolute atomic E-state index is 0.0590. The third-order valence-electron chi connectivity index (χ3n) is 3.97. The highest BCUT2D eigenvalue weighted by atomic mass is 35.5. The first kappa shape index (κ1) is 19.7. The van der Waals surface area contributed by atoms with Crippen LogP contribution in [0.4, 0.5) is 0 Å². The molecule has 0 unspecified atom stereocenters. The number of aromatic nitrogens is 1. The number of aryl methyl sites for hydroxylation is 1. The van der Waals surface area contributed by atoms with Crippen molar-refractivity contribution in [1.82, 2.24) is 9.71 Å². The van der Waals surface area contributed by atoms with Crippen LogP contribution in [0.2, 0.25) is 5.02 Å². The molecular weight excluding hydrogens is 404 g/mol. The SMILES string of the molecule is CC(=O)c1cccc(S(=O)(=O)NCc2sc(-c3ccccc3Cl)nc2C)c1. The quantitative estimate of drug-likeness (QED) is 0.597. The van der Waals surface area contributed by atoms with Gasteiger partial charge in [-0.15, -0.1) is 11.3 Å². The van der Waals surface area contributed by atoms with E-state index in [9.17, 15) is 13.2 Å². The Bertz CT molecular complexity index is 1110. The molecule has 140 valence electrons. The molecule has 3 rings (SSSR count). The molecule has 0 aliphatic rings. The fraction of sp³-hybridized carbons (Fsp3) is 0.158. The van der Waals surface area contributed by atoms with Gasteiger partial charge in [0, 0.05) is 22.5 Å². The third-order valence-corrected chi connectivity index (χ3v) is 6.89. The average Bonchev–Trinajstić information content (AvgIpc) is 3.01. The van der Waals surface area contributed by atoms with Crippen LogP contribution in [-0.2, 0) is 16.6 Å². The lowest BCUT2D eigenvalue weighted by Gasteiger charge is -2.07. The summed E-state index contributed by atoms with van der Waals surface area (Å²) in [7, 11) is -3.74. The Balaban J connectivity index is 1.82. The molecule has 0 bridgehead atoms. The molecule has 1 N–H and O–H groups in total. The number of ketones is 1. The molecule has 2 aromatic carbocycles. The van der Waals surface area contributed by atoms with Crippen molar-refractivity contribution in [1.29, 1.82) is 0 Å². The summed E-state index contributed by atoms with van der Waals surface area (Å²) in [4.78, 5) is 16.8. The predicted octanol–water partition coefficient (Wildman–Crippen LogP) is 4.45. The Morgan fingerprint density at radius 2 is 1.93 bits per heavy atom. The van der Waals surface area contributed by atoms with Gasteiger partial charge in [-0.1, -0.05) is 41.9 Å². The third kappa shape index (κ3) is 4.44. The summed E-state index contributed by atoms with van der Waals surface area (Å²) in [6.45, 7) is 3.34. The number of hydrogen-bond donors (Lipinski definition) is 1. The second-order valence-corrected chi connectivity index (χ2v) is 9.17. The lowest BCUT2D eigenvalue weighted by Crippen LogP contribution is -2.23. The van der Waals surface area contributed by atoms with E-state index in [1.165, 1.54) is 30.4 Å². The normalized spacial score (nSPS) is 11.5. The lowest BCUT2D eigenvalue weighted by atomic mass is 10.2. The van der Waals surface area contributed by atoms with E-state index >= 15 is 0 Å². The average molecular weight is 421 g/mol. The summed E-state index contributed by atoms with van der Waals surface area (Å²) in [5.41, 5.74) is 1.92. The smallest absolute Gasteiger partial charge is 0.240 e. The number of benzene rings is 2. The molecule has 0 saturated heterocycles. The second-order valence-electron chi connectivity index (χ2n) is 5.92. The number of nitrogens with zero attached hydrogens (tertiary/aromatic N) is 1. The van der Waals surface area contributed by atoms with Gasteiger partial charge in [0.05, 0.1) is 15.6 Å². The molecule has 0 radical (unpaired) electrons. The first-order valence-corrected chi connectivity index (χ1v) is 10.8. The molecule has 3 aromatic rings. The standard InChI is InChI=1S/C19H17ClN2O3S2/c1-12-18(26-19(22-12)16-8-3-4-9-17(16)20)11-21-27(24,25)15-7-5-6-14(10-15)13(2)23/h3-10,21H,11H2,1-2H3. The number of thiazole rings is 1. The van der Waals surface area contributed by atoms with Crippen molar-refractivity contribution in [2.24, 2.45) is 0 Å². The molecule has 0 atom stereocenters. The Kier molecular flexibility index (Phi) is 5.76. The molecule has 0 spiro atoms. The van der Waals surface area contributed by atoms with E-state index in [2.05, 4.69) is 9.71 Å². The van der Waals surface area contributed by atoms with Crippen molar-refractivity contribution < 1.29 is 13.2 Å². The summed E-state index contributed by atoms with van der Waals surface area (Å²) in [6.07, 6.45) is 0. The molecule has 1 aromatic heterocycles. The predicted molar refractivity (Wildman–Crippen MR) is 108 cm³/mol. The lowest BCUT2D eigenvalue weighted by molar-refractivity contribution is 0.101. The minimum Gasteiger partial charge on any atom is -0.295 e. The zero-order valence-corrected chi connectivity index (χ0v) is 17.1. The van der Waals surface area contributed by atoms with Crippen LogP contribution in [0.15, 0.2) is 53.4 Å². The molecule has 8 heteroatoms. The van der Waals surface area contributed by atoms with Gasteiger partial charge in [0.25, 0.3) is 0 Å². The Morgan fingerprint density at radius 1 is 1.19 bits per heavy atom. The monoisotopic (exact) mass is 420 g/mol. The maximum absolute atomic E-state index is 12.6. The van der Waals surface area contributed by atoms with Crippen molar-refractivity contribution in [3.05, 3.63) is 69.7 Å². The van der Waals surface area contributed by atoms with Crippen LogP contribution in [0.25, 0.3) is 10.6 Å². The molecular formula is C19H17ClN2O3S2. The van der Waals surface area contributed by atoms with Crippen LogP contribution >= 0.6 is 22.9 Å². The zero-order valence-electron chi connectivity index (χ0n) is 14.7. The molecule has 0 amide bonds. The van der Waals surface area contributed by atoms with E-state index in [0.717, 1.165) is 21.1 Å². The fourth-order valence-electron chi connectivity index (χ4n) is 2.47. The Labute approximate surface area is 167 Å². The van der Waals surface area contributed by atoms with Gasteiger partial charge in [-0.25, -0.2) is 18.1 Å². The molecule has 27 heavy (non-hydrogen) atoms. The number of carbonyl (C=O) groups is 1. The minimum atomic E-state index is -3.74. The summed E-state index contributed by atoms with van der Waals surface area (Å²) < 4.78 is 27.7. The number of halogens is 1. The molecule has 0 aliphatic carbocycles. The maximum atomic E-state index is 12.6. The first-order chi connectivity index (χ1) is 12.8. The molecule has 0 saturated carbocycles. The number of rotatable bonds is 6. The van der Waals surface area contributed by atoms with Crippen LogP contribution in [-0.4, -0.2) is 19.2 Å². The van der Waals surface area contributed by atoms with E-state index in [1.54, 1.807) is 18.2 Å². The van der Waals surface area contributed by atoms with Crippen LogP contribution in [0.1, 0.15) is 27.9 Å². The maximum Gasteiger partial charge on any atom is 0.240 e. The number of carbonyl (C=O) groups excluding carboxylic acids is 1. The zero-order chi connectivity index (χ0) is 19.6. The topological polar surface area (TPSA) is 76.1 Å². The van der Waals surface area contributed by atoms with Crippen LogP contribution in [0.3, 0.4) is 0 Å². The summed E-state index contributed by atoms with van der Waals surface area (Å²) >= 11 is 7.61. The number of Topliss-reactive ketones (excluding diaryl/α,β-unsaturated/α-hetero) is 1. The van der Waals surface area contributed by atoms with Gasteiger partial charge in [-0.05, 0) is 32.0 Å². The van der Waals surface area contributed by atoms with Crippen LogP contribution < -0.4 is 4.72 Å². The van der Waals surface area contributed by atoms with Gasteiger partial charge in [0.2, 0.25) is 10.0 Å². The summed E-state index contributed by atoms with van der Waals surface area (Å²) in [5.74, 6) is -0.185. The first-order valence-electron chi connectivity index (χ1n) is 8.10. The number of hydrogen-bond acceptors (Lipinski definition) is 5. The van der Waals surface area contributed by atoms with Gasteiger partial charge in [-0.2, -0.15) is 0 Å². The van der Waals surface area contributed by atoms with Crippen molar-refractivity contribution in [2.75, 3.05) is 0 Å². The van der Waals surface area contributed by atoms with Gasteiger partial charge in [0.1, 0.15) is 5.01 Å². The van der Waals surface area contributed by atoms with Crippen molar-refractivity contribution in [3.8, 4) is 10.6 Å². The highest BCUT2D eigenvalue weighted by Gasteiger charge is 2.18. The van der Waals surface area contributed by atoms with Crippen LogP contribution in [0, 0.1) is 6.92 Å². The van der Waals surface area contributed by atoms with Crippen molar-refractivity contribution in [3.63, 3.8) is 0 Å². The van der Waals surface area contributed by atoms with Crippen LogP contribution in [0.5, 0.6) is 0 Å². The fourth-order valence-corrected chi connectivity index (χ4v) is 4.92. The molecule has 0 fully saturated rings. The largest absolute Gasteiger partial charge is 0.295 e. The van der Waals surface area contributed by atoms with E-state index < -0.39 is 10.0 Å². The molecule has 5 nitrogen and oxygen atoms in total. The van der Waals surface area contributed by atoms with Crippen molar-refractivity contribution >= 4 is 38.7 Å². The Morgan fingerprint density at radius 3 is 2.63 bits per heavy atom. The number of nitrogens with one attached hydrogen (secondary N) is 1. The highest BCUT2D eigenvalue weighted by Crippen LogP contribution is 2.32. The van der Waals surface area contributed by atoms with Gasteiger partial charge in [0.15, 0.2) is 5.78 Å². The van der Waals surface area contributed by atoms with Gasteiger partial charge >= 0.3 is 0 Å². The van der Waals surface area contributed by atoms with E-state index in [0.29, 0.717) is 10.6 Å². The molecule has 0 aliphatic heterocycles. The van der Waals surface area contributed by atoms with Gasteiger partial charge in [-0.3, -0.25) is 4.79 Å². The van der Waals surface area contributed by atoms with E-state index in [1.807, 2.05) is 25.1 Å². The highest BCUT2D eigenvalue weighted by molar-refractivity contribution is 7.89.